The molecule has 148 valence electrons. The Kier molecular flexibility index (Phi) is 5.06. The number of carbonyl (C=O) groups excluding carboxylic acids is 1. The molecule has 0 heterocycles. The van der Waals surface area contributed by atoms with Crippen molar-refractivity contribution >= 4 is 15.9 Å². The second-order valence-electron chi connectivity index (χ2n) is 9.03. The second kappa shape index (κ2) is 7.21. The predicted molar refractivity (Wildman–Crippen MR) is 105 cm³/mol. The highest BCUT2D eigenvalue weighted by molar-refractivity contribution is 7.89. The first-order chi connectivity index (χ1) is 12.9. The molecule has 0 aromatic heterocycles. The van der Waals surface area contributed by atoms with E-state index in [4.69, 9.17) is 0 Å². The fourth-order valence-corrected chi connectivity index (χ4v) is 7.18. The van der Waals surface area contributed by atoms with E-state index in [1.54, 1.807) is 12.1 Å². The fraction of sp³-hybridized carbons (Fsp3) is 0.667. The Morgan fingerprint density at radius 1 is 1.11 bits per heavy atom. The molecule has 4 aliphatic carbocycles. The van der Waals surface area contributed by atoms with Gasteiger partial charge < -0.3 is 5.32 Å². The Balaban J connectivity index is 1.43. The maximum absolute atomic E-state index is 12.7. The van der Waals surface area contributed by atoms with Crippen molar-refractivity contribution in [3.63, 3.8) is 0 Å². The zero-order chi connectivity index (χ0) is 19.1. The van der Waals surface area contributed by atoms with Crippen molar-refractivity contribution in [1.29, 1.82) is 0 Å². The number of sulfonamides is 1. The lowest BCUT2D eigenvalue weighted by Crippen LogP contribution is -2.51. The van der Waals surface area contributed by atoms with E-state index in [1.807, 2.05) is 6.92 Å². The largest absolute Gasteiger partial charge is 0.351 e. The fourth-order valence-electron chi connectivity index (χ4n) is 6.00. The number of hydrogen-bond donors (Lipinski definition) is 2. The molecule has 6 heteroatoms. The minimum Gasteiger partial charge on any atom is -0.351 e. The van der Waals surface area contributed by atoms with Gasteiger partial charge in [-0.2, -0.15) is 0 Å². The third-order valence-electron chi connectivity index (χ3n) is 6.74. The number of carbonyl (C=O) groups is 1. The molecule has 27 heavy (non-hydrogen) atoms. The molecule has 0 aliphatic heterocycles. The Bertz CT molecular complexity index is 783. The molecule has 0 radical (unpaired) electrons. The maximum atomic E-state index is 12.7. The van der Waals surface area contributed by atoms with Gasteiger partial charge in [-0.1, -0.05) is 13.0 Å². The van der Waals surface area contributed by atoms with Crippen molar-refractivity contribution in [2.45, 2.75) is 56.8 Å². The van der Waals surface area contributed by atoms with Crippen LogP contribution in [0.5, 0.6) is 0 Å². The van der Waals surface area contributed by atoms with Crippen LogP contribution in [0.25, 0.3) is 0 Å². The van der Waals surface area contributed by atoms with E-state index in [-0.39, 0.29) is 16.2 Å². The quantitative estimate of drug-likeness (QED) is 0.750. The van der Waals surface area contributed by atoms with Crippen molar-refractivity contribution in [2.75, 3.05) is 13.1 Å². The summed E-state index contributed by atoms with van der Waals surface area (Å²) >= 11 is 0. The highest BCUT2D eigenvalue weighted by atomic mass is 32.2. The van der Waals surface area contributed by atoms with E-state index >= 15 is 0 Å². The molecule has 0 saturated heterocycles. The van der Waals surface area contributed by atoms with Gasteiger partial charge in [0.1, 0.15) is 0 Å². The van der Waals surface area contributed by atoms with Crippen molar-refractivity contribution in [1.82, 2.24) is 10.0 Å². The van der Waals surface area contributed by atoms with Gasteiger partial charge in [-0.15, -0.1) is 0 Å². The summed E-state index contributed by atoms with van der Waals surface area (Å²) in [4.78, 5) is 12.9. The Labute approximate surface area is 162 Å². The van der Waals surface area contributed by atoms with Crippen LogP contribution in [0.1, 0.15) is 62.2 Å². The summed E-state index contributed by atoms with van der Waals surface area (Å²) in [5.41, 5.74) is 0.690. The van der Waals surface area contributed by atoms with Gasteiger partial charge in [0.25, 0.3) is 5.91 Å². The molecule has 4 aliphatic rings. The SMILES string of the molecule is CCCNS(=O)(=O)c1cccc(C(=O)NCC23CC4CC(CC(C4)C2)C3)c1. The predicted octanol–water partition coefficient (Wildman–Crippen LogP) is 3.32. The van der Waals surface area contributed by atoms with Crippen LogP contribution in [0.15, 0.2) is 29.2 Å². The number of rotatable bonds is 7. The number of hydrogen-bond acceptors (Lipinski definition) is 3. The molecule has 0 unspecified atom stereocenters. The number of amides is 1. The van der Waals surface area contributed by atoms with Crippen LogP contribution in [-0.4, -0.2) is 27.4 Å². The molecule has 1 aromatic carbocycles. The lowest BCUT2D eigenvalue weighted by Gasteiger charge is -2.56. The summed E-state index contributed by atoms with van der Waals surface area (Å²) in [6.07, 6.45) is 8.62. The van der Waals surface area contributed by atoms with Crippen molar-refractivity contribution < 1.29 is 13.2 Å². The van der Waals surface area contributed by atoms with Crippen LogP contribution in [0, 0.1) is 23.2 Å². The molecule has 2 N–H and O–H groups in total. The normalized spacial score (nSPS) is 31.8. The summed E-state index contributed by atoms with van der Waals surface area (Å²) in [7, 11) is -3.56. The second-order valence-corrected chi connectivity index (χ2v) is 10.8. The zero-order valence-corrected chi connectivity index (χ0v) is 16.9. The lowest BCUT2D eigenvalue weighted by molar-refractivity contribution is -0.0503. The third-order valence-corrected chi connectivity index (χ3v) is 8.20. The first kappa shape index (κ1) is 18.9. The smallest absolute Gasteiger partial charge is 0.251 e. The van der Waals surface area contributed by atoms with Gasteiger partial charge in [0.2, 0.25) is 10.0 Å². The van der Waals surface area contributed by atoms with E-state index in [2.05, 4.69) is 10.0 Å². The van der Waals surface area contributed by atoms with Crippen LogP contribution in [0.3, 0.4) is 0 Å². The van der Waals surface area contributed by atoms with Crippen molar-refractivity contribution in [2.24, 2.45) is 23.2 Å². The van der Waals surface area contributed by atoms with Crippen LogP contribution in [0.2, 0.25) is 0 Å². The molecule has 0 atom stereocenters. The third kappa shape index (κ3) is 3.92. The average molecular weight is 391 g/mol. The molecular formula is C21H30N2O3S. The standard InChI is InChI=1S/C21H30N2O3S/c1-2-6-23-27(25,26)19-5-3-4-18(10-19)20(24)22-14-21-11-15-7-16(12-21)9-17(8-15)13-21/h3-5,10,15-17,23H,2,6-9,11-14H2,1H3,(H,22,24). The van der Waals surface area contributed by atoms with Gasteiger partial charge in [-0.05, 0) is 86.3 Å². The molecule has 4 bridgehead atoms. The van der Waals surface area contributed by atoms with Gasteiger partial charge in [0.05, 0.1) is 4.90 Å². The van der Waals surface area contributed by atoms with Gasteiger partial charge in [0, 0.05) is 18.7 Å². The van der Waals surface area contributed by atoms with Crippen molar-refractivity contribution in [3.8, 4) is 0 Å². The highest BCUT2D eigenvalue weighted by Crippen LogP contribution is 2.59. The van der Waals surface area contributed by atoms with Gasteiger partial charge in [0.15, 0.2) is 0 Å². The molecule has 0 spiro atoms. The van der Waals surface area contributed by atoms with Crippen molar-refractivity contribution in [3.05, 3.63) is 29.8 Å². The summed E-state index contributed by atoms with van der Waals surface area (Å²) in [5, 5.41) is 3.12. The monoisotopic (exact) mass is 390 g/mol. The Hall–Kier alpha value is -1.40. The van der Waals surface area contributed by atoms with Crippen LogP contribution in [-0.2, 0) is 10.0 Å². The average Bonchev–Trinajstić information content (AvgIpc) is 2.63. The topological polar surface area (TPSA) is 75.3 Å². The van der Waals surface area contributed by atoms with Crippen LogP contribution in [0.4, 0.5) is 0 Å². The van der Waals surface area contributed by atoms with Crippen LogP contribution < -0.4 is 10.0 Å². The summed E-state index contributed by atoms with van der Waals surface area (Å²) < 4.78 is 27.2. The zero-order valence-electron chi connectivity index (χ0n) is 16.0. The molecule has 5 nitrogen and oxygen atoms in total. The highest BCUT2D eigenvalue weighted by Gasteiger charge is 2.50. The van der Waals surface area contributed by atoms with Gasteiger partial charge in [-0.25, -0.2) is 13.1 Å². The van der Waals surface area contributed by atoms with Crippen LogP contribution >= 0.6 is 0 Å². The molecule has 5 rings (SSSR count). The van der Waals surface area contributed by atoms with E-state index in [1.165, 1.54) is 50.7 Å². The van der Waals surface area contributed by atoms with E-state index in [9.17, 15) is 13.2 Å². The molecule has 4 fully saturated rings. The maximum Gasteiger partial charge on any atom is 0.251 e. The van der Waals surface area contributed by atoms with E-state index < -0.39 is 10.0 Å². The Morgan fingerprint density at radius 3 is 2.33 bits per heavy atom. The summed E-state index contributed by atoms with van der Waals surface area (Å²) in [5.74, 6) is 2.39. The number of benzene rings is 1. The summed E-state index contributed by atoms with van der Waals surface area (Å²) in [6, 6.07) is 6.34. The molecule has 4 saturated carbocycles. The minimum absolute atomic E-state index is 0.151. The number of nitrogens with one attached hydrogen (secondary N) is 2. The van der Waals surface area contributed by atoms with Gasteiger partial charge in [-0.3, -0.25) is 4.79 Å². The van der Waals surface area contributed by atoms with E-state index in [0.717, 1.165) is 30.7 Å². The molecular weight excluding hydrogens is 360 g/mol. The van der Waals surface area contributed by atoms with Gasteiger partial charge >= 0.3 is 0 Å². The molecule has 1 aromatic rings. The Morgan fingerprint density at radius 2 is 1.74 bits per heavy atom. The summed E-state index contributed by atoms with van der Waals surface area (Å²) in [6.45, 7) is 3.03. The lowest BCUT2D eigenvalue weighted by atomic mass is 9.49. The first-order valence-electron chi connectivity index (χ1n) is 10.3. The molecule has 1 amide bonds. The first-order valence-corrected chi connectivity index (χ1v) is 11.8. The minimum atomic E-state index is -3.56. The van der Waals surface area contributed by atoms with E-state index in [0.29, 0.717) is 12.1 Å².